The van der Waals surface area contributed by atoms with Crippen LogP contribution in [0.1, 0.15) is 11.3 Å². The van der Waals surface area contributed by atoms with Gasteiger partial charge in [0.1, 0.15) is 12.0 Å². The van der Waals surface area contributed by atoms with Crippen molar-refractivity contribution in [2.45, 2.75) is 12.7 Å². The van der Waals surface area contributed by atoms with E-state index < -0.39 is 11.9 Å². The molecule has 9 heteroatoms. The molecule has 0 aliphatic carbocycles. The molecule has 6 nitrogen and oxygen atoms in total. The van der Waals surface area contributed by atoms with Gasteiger partial charge in [0.25, 0.3) is 0 Å². The van der Waals surface area contributed by atoms with E-state index in [1.54, 1.807) is 0 Å². The van der Waals surface area contributed by atoms with Gasteiger partial charge in [-0.05, 0) is 5.56 Å². The molecule has 0 spiro atoms. The summed E-state index contributed by atoms with van der Waals surface area (Å²) < 4.78 is 41.7. The summed E-state index contributed by atoms with van der Waals surface area (Å²) in [5, 5.41) is 4.16. The summed E-state index contributed by atoms with van der Waals surface area (Å²) in [6.07, 6.45) is -0.744. The predicted molar refractivity (Wildman–Crippen MR) is 83.5 cm³/mol. The maximum Gasteiger partial charge on any atom is 0.434 e. The van der Waals surface area contributed by atoms with E-state index in [-0.39, 0.29) is 29.1 Å². The Bertz CT molecular complexity index is 1010. The second kappa shape index (κ2) is 5.69. The maximum atomic E-state index is 13.4. The van der Waals surface area contributed by atoms with E-state index in [4.69, 9.17) is 0 Å². The number of hydrogen-bond acceptors (Lipinski definition) is 4. The highest BCUT2D eigenvalue weighted by molar-refractivity contribution is 5.91. The van der Waals surface area contributed by atoms with Gasteiger partial charge < -0.3 is 4.98 Å². The number of hydrogen-bond donors (Lipinski definition) is 1. The van der Waals surface area contributed by atoms with Crippen molar-refractivity contribution in [2.24, 2.45) is 0 Å². The summed E-state index contributed by atoms with van der Waals surface area (Å²) in [5.74, 6) is 0.233. The Morgan fingerprint density at radius 3 is 2.52 bits per heavy atom. The molecule has 0 saturated carbocycles. The Kier molecular flexibility index (Phi) is 3.48. The molecular weight excluding hydrogens is 333 g/mol. The van der Waals surface area contributed by atoms with Gasteiger partial charge in [0.15, 0.2) is 17.2 Å². The average Bonchev–Trinajstić information content (AvgIpc) is 3.23. The van der Waals surface area contributed by atoms with Crippen LogP contribution < -0.4 is 0 Å². The van der Waals surface area contributed by atoms with Crippen molar-refractivity contribution in [1.29, 1.82) is 0 Å². The van der Waals surface area contributed by atoms with Crippen molar-refractivity contribution in [3.63, 3.8) is 0 Å². The van der Waals surface area contributed by atoms with Crippen LogP contribution in [0.4, 0.5) is 13.2 Å². The third kappa shape index (κ3) is 2.73. The fourth-order valence-corrected chi connectivity index (χ4v) is 2.65. The second-order valence-corrected chi connectivity index (χ2v) is 5.35. The molecule has 126 valence electrons. The number of nitrogens with one attached hydrogen (secondary N) is 1. The van der Waals surface area contributed by atoms with Crippen LogP contribution >= 0.6 is 0 Å². The smallest absolute Gasteiger partial charge is 0.343 e. The zero-order valence-electron chi connectivity index (χ0n) is 12.7. The van der Waals surface area contributed by atoms with E-state index in [2.05, 4.69) is 25.0 Å². The van der Waals surface area contributed by atoms with Crippen molar-refractivity contribution >= 4 is 11.0 Å². The Morgan fingerprint density at radius 2 is 1.84 bits per heavy atom. The molecule has 0 radical (unpaired) electrons. The van der Waals surface area contributed by atoms with E-state index in [1.807, 2.05) is 30.3 Å². The van der Waals surface area contributed by atoms with Crippen molar-refractivity contribution < 1.29 is 13.2 Å². The average molecular weight is 344 g/mol. The number of H-pyrrole nitrogens is 1. The largest absolute Gasteiger partial charge is 0.434 e. The monoisotopic (exact) mass is 344 g/mol. The maximum absolute atomic E-state index is 13.4. The third-order valence-corrected chi connectivity index (χ3v) is 3.70. The van der Waals surface area contributed by atoms with Gasteiger partial charge in [-0.15, -0.1) is 0 Å². The lowest BCUT2D eigenvalue weighted by atomic mass is 10.2. The molecular formula is C16H11F3N6. The van der Waals surface area contributed by atoms with Gasteiger partial charge in [0.05, 0.1) is 11.9 Å². The van der Waals surface area contributed by atoms with E-state index in [0.29, 0.717) is 0 Å². The minimum absolute atomic E-state index is 0.0730. The van der Waals surface area contributed by atoms with Crippen molar-refractivity contribution in [3.05, 3.63) is 60.3 Å². The first-order valence-electron chi connectivity index (χ1n) is 7.36. The lowest BCUT2D eigenvalue weighted by Gasteiger charge is -2.07. The summed E-state index contributed by atoms with van der Waals surface area (Å²) in [7, 11) is 0. The minimum Gasteiger partial charge on any atom is -0.343 e. The highest BCUT2D eigenvalue weighted by atomic mass is 19.4. The third-order valence-electron chi connectivity index (χ3n) is 3.70. The molecule has 0 saturated heterocycles. The first-order valence-corrected chi connectivity index (χ1v) is 7.36. The normalized spacial score (nSPS) is 12.0. The number of benzene rings is 1. The molecule has 1 aromatic carbocycles. The summed E-state index contributed by atoms with van der Waals surface area (Å²) in [4.78, 5) is 14.3. The summed E-state index contributed by atoms with van der Waals surface area (Å²) in [6.45, 7) is 0.284. The van der Waals surface area contributed by atoms with Crippen molar-refractivity contribution in [3.8, 4) is 11.5 Å². The number of aromatic amines is 1. The predicted octanol–water partition coefficient (Wildman–Crippen LogP) is 3.28. The van der Waals surface area contributed by atoms with Crippen molar-refractivity contribution in [2.75, 3.05) is 0 Å². The van der Waals surface area contributed by atoms with Crippen LogP contribution in [-0.2, 0) is 12.7 Å². The molecule has 0 fully saturated rings. The van der Waals surface area contributed by atoms with Crippen LogP contribution in [0.5, 0.6) is 0 Å². The van der Waals surface area contributed by atoms with Crippen LogP contribution in [0.15, 0.2) is 49.1 Å². The fraction of sp³-hybridized carbons (Fsp3) is 0.125. The Balaban J connectivity index is 1.96. The topological polar surface area (TPSA) is 72.3 Å². The quantitative estimate of drug-likeness (QED) is 0.619. The van der Waals surface area contributed by atoms with Gasteiger partial charge >= 0.3 is 6.18 Å². The molecule has 4 rings (SSSR count). The Hall–Kier alpha value is -3.23. The van der Waals surface area contributed by atoms with Crippen LogP contribution in [0.3, 0.4) is 0 Å². The van der Waals surface area contributed by atoms with E-state index >= 15 is 0 Å². The molecule has 25 heavy (non-hydrogen) atoms. The molecule has 1 N–H and O–H groups in total. The van der Waals surface area contributed by atoms with Crippen LogP contribution in [-0.4, -0.2) is 29.7 Å². The Labute approximate surface area is 139 Å². The van der Waals surface area contributed by atoms with Gasteiger partial charge in [-0.3, -0.25) is 0 Å². The van der Waals surface area contributed by atoms with Gasteiger partial charge in [-0.2, -0.15) is 18.3 Å². The summed E-state index contributed by atoms with van der Waals surface area (Å²) in [5.41, 5.74) is 0.0507. The lowest BCUT2D eigenvalue weighted by Crippen LogP contribution is -2.10. The van der Waals surface area contributed by atoms with E-state index in [9.17, 15) is 13.2 Å². The summed E-state index contributed by atoms with van der Waals surface area (Å²) in [6, 6.07) is 9.30. The number of aromatic nitrogens is 6. The van der Waals surface area contributed by atoms with Crippen LogP contribution in [0.25, 0.3) is 22.6 Å². The minimum atomic E-state index is -4.62. The Morgan fingerprint density at radius 1 is 1.04 bits per heavy atom. The SMILES string of the molecule is FC(F)(F)c1ncnc2c1c(-c1ncc[nH]1)nn2Cc1ccccc1. The van der Waals surface area contributed by atoms with Crippen LogP contribution in [0, 0.1) is 0 Å². The second-order valence-electron chi connectivity index (χ2n) is 5.35. The number of fused-ring (bicyclic) bond motifs is 1. The molecule has 0 amide bonds. The molecule has 4 aromatic rings. The molecule has 0 aliphatic heterocycles. The van der Waals surface area contributed by atoms with E-state index in [0.717, 1.165) is 11.9 Å². The van der Waals surface area contributed by atoms with Gasteiger partial charge in [-0.1, -0.05) is 30.3 Å². The number of alkyl halides is 3. The number of rotatable bonds is 3. The first-order chi connectivity index (χ1) is 12.0. The standard InChI is InChI=1S/C16H11F3N6/c17-16(18,19)13-11-12(14-20-6-7-21-14)24-25(15(11)23-9-22-13)8-10-4-2-1-3-5-10/h1-7,9H,8H2,(H,20,21). The molecule has 3 aromatic heterocycles. The van der Waals surface area contributed by atoms with Gasteiger partial charge in [0.2, 0.25) is 0 Å². The molecule has 0 bridgehead atoms. The molecule has 3 heterocycles. The first kappa shape index (κ1) is 15.3. The number of nitrogens with zero attached hydrogens (tertiary/aromatic N) is 5. The van der Waals surface area contributed by atoms with Crippen molar-refractivity contribution in [1.82, 2.24) is 29.7 Å². The van der Waals surface area contributed by atoms with E-state index in [1.165, 1.54) is 17.1 Å². The lowest BCUT2D eigenvalue weighted by molar-refractivity contribution is -0.139. The highest BCUT2D eigenvalue weighted by Gasteiger charge is 2.37. The molecule has 0 atom stereocenters. The number of imidazole rings is 1. The van der Waals surface area contributed by atoms with Gasteiger partial charge in [0, 0.05) is 12.4 Å². The highest BCUT2D eigenvalue weighted by Crippen LogP contribution is 2.36. The number of halogens is 3. The summed E-state index contributed by atoms with van der Waals surface area (Å²) >= 11 is 0. The zero-order valence-corrected chi connectivity index (χ0v) is 12.7. The molecule has 0 aliphatic rings. The zero-order chi connectivity index (χ0) is 17.4. The fourth-order valence-electron chi connectivity index (χ4n) is 2.65. The molecule has 0 unspecified atom stereocenters. The van der Waals surface area contributed by atoms with Crippen LogP contribution in [0.2, 0.25) is 0 Å². The van der Waals surface area contributed by atoms with Gasteiger partial charge in [-0.25, -0.2) is 19.6 Å².